The number of thiol groups is 1. The molecule has 0 atom stereocenters. The van der Waals surface area contributed by atoms with Crippen LogP contribution in [0.1, 0.15) is 0 Å². The van der Waals surface area contributed by atoms with Crippen molar-refractivity contribution in [2.45, 2.75) is 4.90 Å². The summed E-state index contributed by atoms with van der Waals surface area (Å²) >= 11 is 6.15. The Hall–Kier alpha value is 0.0300. The third kappa shape index (κ3) is 2.02. The molecule has 0 fully saturated rings. The molecule has 1 aromatic heterocycles. The van der Waals surface area contributed by atoms with Crippen molar-refractivity contribution in [1.82, 2.24) is 4.98 Å². The Morgan fingerprint density at radius 2 is 2.44 bits per heavy atom. The molecule has 9 heavy (non-hydrogen) atoms. The Labute approximate surface area is 73.0 Å². The molecule has 1 N–H and O–H groups in total. The molecule has 0 aliphatic carbocycles. The van der Waals surface area contributed by atoms with Crippen LogP contribution >= 0.6 is 35.5 Å². The quantitative estimate of drug-likeness (QED) is 0.454. The van der Waals surface area contributed by atoms with Gasteiger partial charge >= 0.3 is 0 Å². The summed E-state index contributed by atoms with van der Waals surface area (Å²) < 4.78 is 2.88. The highest BCUT2D eigenvalue weighted by Gasteiger charge is 1.88. The number of pyridine rings is 1. The molecule has 0 bridgehead atoms. The van der Waals surface area contributed by atoms with E-state index in [4.69, 9.17) is 0 Å². The van der Waals surface area contributed by atoms with E-state index >= 15 is 0 Å². The van der Waals surface area contributed by atoms with Crippen LogP contribution in [-0.4, -0.2) is 4.98 Å². The van der Waals surface area contributed by atoms with Crippen LogP contribution in [0, 0.1) is 0 Å². The largest absolute Gasteiger partial charge is 0.313 e. The van der Waals surface area contributed by atoms with E-state index in [2.05, 4.69) is 21.1 Å². The summed E-state index contributed by atoms with van der Waals surface area (Å²) in [4.78, 5) is 4.91. The number of halogens is 1. The SMILES string of the molecule is Sc1ccnc(NI)c1. The summed E-state index contributed by atoms with van der Waals surface area (Å²) in [6.45, 7) is 0. The second kappa shape index (κ2) is 3.26. The van der Waals surface area contributed by atoms with Gasteiger partial charge in [0.15, 0.2) is 0 Å². The molecule has 0 saturated carbocycles. The van der Waals surface area contributed by atoms with Crippen molar-refractivity contribution in [3.8, 4) is 0 Å². The van der Waals surface area contributed by atoms with E-state index in [-0.39, 0.29) is 0 Å². The van der Waals surface area contributed by atoms with E-state index in [9.17, 15) is 0 Å². The average molecular weight is 252 g/mol. The monoisotopic (exact) mass is 252 g/mol. The Balaban J connectivity index is 2.94. The van der Waals surface area contributed by atoms with Gasteiger partial charge in [-0.3, -0.25) is 0 Å². The van der Waals surface area contributed by atoms with Gasteiger partial charge in [0.05, 0.1) is 22.9 Å². The smallest absolute Gasteiger partial charge is 0.135 e. The first-order chi connectivity index (χ1) is 4.33. The standard InChI is InChI=1S/C5H5IN2S/c6-8-5-3-4(9)1-2-7-5/h1-3H,(H2,7,8,9). The third-order valence-corrected chi connectivity index (χ3v) is 1.67. The zero-order valence-electron chi connectivity index (χ0n) is 4.50. The molecular formula is C5H5IN2S. The lowest BCUT2D eigenvalue weighted by molar-refractivity contribution is 1.28. The van der Waals surface area contributed by atoms with Crippen LogP contribution in [0.2, 0.25) is 0 Å². The van der Waals surface area contributed by atoms with Crippen LogP contribution in [0.25, 0.3) is 0 Å². The number of aromatic nitrogens is 1. The Kier molecular flexibility index (Phi) is 2.59. The number of nitrogens with one attached hydrogen (secondary N) is 1. The first-order valence-corrected chi connectivity index (χ1v) is 3.87. The van der Waals surface area contributed by atoms with E-state index in [1.54, 1.807) is 6.20 Å². The molecule has 0 spiro atoms. The van der Waals surface area contributed by atoms with Gasteiger partial charge in [-0.1, -0.05) is 0 Å². The zero-order chi connectivity index (χ0) is 6.69. The summed E-state index contributed by atoms with van der Waals surface area (Å²) in [6.07, 6.45) is 1.71. The number of rotatable bonds is 1. The molecule has 0 saturated heterocycles. The summed E-state index contributed by atoms with van der Waals surface area (Å²) in [5, 5.41) is 0. The van der Waals surface area contributed by atoms with Gasteiger partial charge in [-0.05, 0) is 12.1 Å². The van der Waals surface area contributed by atoms with Gasteiger partial charge in [-0.25, -0.2) is 4.98 Å². The first kappa shape index (κ1) is 7.14. The highest BCUT2D eigenvalue weighted by molar-refractivity contribution is 14.1. The van der Waals surface area contributed by atoms with Crippen LogP contribution in [0.15, 0.2) is 23.2 Å². The first-order valence-electron chi connectivity index (χ1n) is 2.34. The highest BCUT2D eigenvalue weighted by Crippen LogP contribution is 2.10. The van der Waals surface area contributed by atoms with Gasteiger partial charge in [-0.2, -0.15) is 0 Å². The molecule has 0 aliphatic heterocycles. The Bertz CT molecular complexity index is 204. The summed E-state index contributed by atoms with van der Waals surface area (Å²) in [6, 6.07) is 3.69. The fourth-order valence-electron chi connectivity index (χ4n) is 0.471. The van der Waals surface area contributed by atoms with Crippen LogP contribution in [0.3, 0.4) is 0 Å². The lowest BCUT2D eigenvalue weighted by Gasteiger charge is -1.94. The van der Waals surface area contributed by atoms with Gasteiger partial charge in [0, 0.05) is 11.1 Å². The van der Waals surface area contributed by atoms with E-state index in [0.29, 0.717) is 0 Å². The van der Waals surface area contributed by atoms with Gasteiger partial charge in [-0.15, -0.1) is 12.6 Å². The molecule has 1 aromatic rings. The van der Waals surface area contributed by atoms with Crippen LogP contribution < -0.4 is 3.53 Å². The van der Waals surface area contributed by atoms with Gasteiger partial charge in [0.25, 0.3) is 0 Å². The molecular weight excluding hydrogens is 247 g/mol. The maximum absolute atomic E-state index is 4.12. The summed E-state index contributed by atoms with van der Waals surface area (Å²) in [5.41, 5.74) is 0. The maximum Gasteiger partial charge on any atom is 0.135 e. The van der Waals surface area contributed by atoms with Crippen molar-refractivity contribution in [2.24, 2.45) is 0 Å². The fraction of sp³-hybridized carbons (Fsp3) is 0. The third-order valence-electron chi connectivity index (χ3n) is 0.840. The second-order valence-electron chi connectivity index (χ2n) is 1.49. The van der Waals surface area contributed by atoms with E-state index < -0.39 is 0 Å². The molecule has 1 rings (SSSR count). The molecule has 48 valence electrons. The second-order valence-corrected chi connectivity index (χ2v) is 2.55. The molecule has 0 aliphatic rings. The van der Waals surface area contributed by atoms with Crippen molar-refractivity contribution in [1.29, 1.82) is 0 Å². The maximum atomic E-state index is 4.12. The minimum absolute atomic E-state index is 0.836. The highest BCUT2D eigenvalue weighted by atomic mass is 127. The Morgan fingerprint density at radius 1 is 1.67 bits per heavy atom. The molecule has 0 radical (unpaired) electrons. The Morgan fingerprint density at radius 3 is 2.89 bits per heavy atom. The minimum Gasteiger partial charge on any atom is -0.313 e. The van der Waals surface area contributed by atoms with Crippen molar-refractivity contribution in [3.05, 3.63) is 18.3 Å². The van der Waals surface area contributed by atoms with Gasteiger partial charge in [0.1, 0.15) is 5.82 Å². The van der Waals surface area contributed by atoms with Crippen molar-refractivity contribution >= 4 is 41.3 Å². The zero-order valence-corrected chi connectivity index (χ0v) is 7.56. The summed E-state index contributed by atoms with van der Waals surface area (Å²) in [7, 11) is 0. The average Bonchev–Trinajstić information content (AvgIpc) is 1.88. The van der Waals surface area contributed by atoms with Crippen molar-refractivity contribution in [2.75, 3.05) is 3.53 Å². The molecule has 2 nitrogen and oxygen atoms in total. The normalized spacial score (nSPS) is 9.11. The lowest BCUT2D eigenvalue weighted by atomic mass is 10.5. The van der Waals surface area contributed by atoms with Crippen molar-refractivity contribution in [3.63, 3.8) is 0 Å². The topological polar surface area (TPSA) is 24.9 Å². The molecule has 0 aromatic carbocycles. The number of anilines is 1. The number of nitrogens with zero attached hydrogens (tertiary/aromatic N) is 1. The van der Waals surface area contributed by atoms with Crippen molar-refractivity contribution < 1.29 is 0 Å². The number of hydrogen-bond acceptors (Lipinski definition) is 3. The predicted octanol–water partition coefficient (Wildman–Crippen LogP) is 2.13. The number of hydrogen-bond donors (Lipinski definition) is 2. The molecule has 0 amide bonds. The van der Waals surface area contributed by atoms with Crippen LogP contribution in [0.4, 0.5) is 5.82 Å². The predicted molar refractivity (Wildman–Crippen MR) is 49.1 cm³/mol. The minimum atomic E-state index is 0.836. The van der Waals surface area contributed by atoms with Gasteiger partial charge < -0.3 is 3.53 Å². The lowest BCUT2D eigenvalue weighted by Crippen LogP contribution is -1.82. The van der Waals surface area contributed by atoms with E-state index in [1.165, 1.54) is 0 Å². The molecule has 4 heteroatoms. The van der Waals surface area contributed by atoms with Gasteiger partial charge in [0.2, 0.25) is 0 Å². The van der Waals surface area contributed by atoms with Crippen LogP contribution in [0.5, 0.6) is 0 Å². The van der Waals surface area contributed by atoms with E-state index in [0.717, 1.165) is 10.7 Å². The molecule has 0 unspecified atom stereocenters. The van der Waals surface area contributed by atoms with Crippen LogP contribution in [-0.2, 0) is 0 Å². The molecule has 1 heterocycles. The fourth-order valence-corrected chi connectivity index (χ4v) is 0.955. The van der Waals surface area contributed by atoms with E-state index in [1.807, 2.05) is 35.0 Å². The summed E-state index contributed by atoms with van der Waals surface area (Å²) in [5.74, 6) is 0.836.